The number of terminal acetylenes is 1. The molecule has 0 saturated carbocycles. The monoisotopic (exact) mass is 665 g/mol. The van der Waals surface area contributed by atoms with Crippen molar-refractivity contribution in [3.63, 3.8) is 0 Å². The molecule has 1 atom stereocenters. The number of alkyl carbamates (subject to hydrolysis) is 1. The number of benzene rings is 2. The molecular formula is C29H36IN3O7. The van der Waals surface area contributed by atoms with Crippen LogP contribution in [0.25, 0.3) is 0 Å². The highest BCUT2D eigenvalue weighted by Gasteiger charge is 2.23. The van der Waals surface area contributed by atoms with E-state index in [0.29, 0.717) is 11.1 Å². The summed E-state index contributed by atoms with van der Waals surface area (Å²) in [7, 11) is 1.37. The molecular weight excluding hydrogens is 629 g/mol. The number of ether oxygens (including phenoxy) is 2. The second kappa shape index (κ2) is 19.2. The van der Waals surface area contributed by atoms with Crippen LogP contribution in [0.2, 0.25) is 0 Å². The molecule has 0 heterocycles. The lowest BCUT2D eigenvalue weighted by Gasteiger charge is -2.22. The van der Waals surface area contributed by atoms with Crippen molar-refractivity contribution < 1.29 is 28.8 Å². The Morgan fingerprint density at radius 2 is 1.75 bits per heavy atom. The number of ketones is 1. The van der Waals surface area contributed by atoms with E-state index in [-0.39, 0.29) is 39.5 Å². The summed E-state index contributed by atoms with van der Waals surface area (Å²) in [5, 5.41) is 15.2. The van der Waals surface area contributed by atoms with Crippen LogP contribution in [0.3, 0.4) is 0 Å². The van der Waals surface area contributed by atoms with E-state index in [0.717, 1.165) is 3.57 Å². The Hall–Kier alpha value is -3.94. The molecule has 11 heteroatoms. The van der Waals surface area contributed by atoms with Gasteiger partial charge in [-0.25, -0.2) is 4.79 Å². The van der Waals surface area contributed by atoms with Gasteiger partial charge >= 0.3 is 6.09 Å². The summed E-state index contributed by atoms with van der Waals surface area (Å²) < 4.78 is 10.8. The third-order valence-corrected chi connectivity index (χ3v) is 4.95. The number of carbonyl (C=O) groups excluding carboxylic acids is 3. The Balaban J connectivity index is 0. The predicted octanol–water partition coefficient (Wildman–Crippen LogP) is 4.98. The van der Waals surface area contributed by atoms with Gasteiger partial charge in [-0.3, -0.25) is 19.7 Å². The average molecular weight is 666 g/mol. The molecule has 0 fully saturated rings. The minimum atomic E-state index is -0.971. The molecule has 40 heavy (non-hydrogen) atoms. The van der Waals surface area contributed by atoms with E-state index in [1.165, 1.54) is 19.2 Å². The van der Waals surface area contributed by atoms with E-state index >= 15 is 0 Å². The maximum Gasteiger partial charge on any atom is 0.407 e. The van der Waals surface area contributed by atoms with Crippen LogP contribution in [-0.2, 0) is 14.3 Å². The Morgan fingerprint density at radius 1 is 1.12 bits per heavy atom. The summed E-state index contributed by atoms with van der Waals surface area (Å²) in [4.78, 5) is 46.2. The number of halogens is 1. The molecule has 2 amide bonds. The highest BCUT2D eigenvalue weighted by molar-refractivity contribution is 14.1. The fraction of sp³-hybridized carbons (Fsp3) is 0.345. The molecule has 2 N–H and O–H groups in total. The van der Waals surface area contributed by atoms with Gasteiger partial charge in [-0.05, 0) is 85.5 Å². The van der Waals surface area contributed by atoms with Crippen molar-refractivity contribution in [1.82, 2.24) is 10.6 Å². The van der Waals surface area contributed by atoms with Crippen molar-refractivity contribution in [2.75, 3.05) is 20.3 Å². The van der Waals surface area contributed by atoms with Crippen molar-refractivity contribution in [3.05, 3.63) is 73.3 Å². The highest BCUT2D eigenvalue weighted by Crippen LogP contribution is 2.14. The fourth-order valence-electron chi connectivity index (χ4n) is 2.63. The third-order valence-electron chi connectivity index (χ3n) is 4.28. The molecule has 2 aromatic carbocycles. The summed E-state index contributed by atoms with van der Waals surface area (Å²) in [6.45, 7) is 4.83. The number of rotatable bonds is 8. The molecule has 0 radical (unpaired) electrons. The molecule has 10 nitrogen and oxygen atoms in total. The molecule has 0 aromatic heterocycles. The van der Waals surface area contributed by atoms with E-state index in [1.54, 1.807) is 51.1 Å². The molecule has 0 aliphatic carbocycles. The van der Waals surface area contributed by atoms with Crippen LogP contribution in [0.5, 0.6) is 0 Å². The van der Waals surface area contributed by atoms with Gasteiger partial charge in [0.15, 0.2) is 5.78 Å². The number of nitrogens with one attached hydrogen (secondary N) is 2. The quantitative estimate of drug-likeness (QED) is 0.176. The molecule has 0 aliphatic rings. The van der Waals surface area contributed by atoms with Gasteiger partial charge in [0.25, 0.3) is 11.6 Å². The molecule has 0 bridgehead atoms. The summed E-state index contributed by atoms with van der Waals surface area (Å²) in [6, 6.07) is 11.9. The summed E-state index contributed by atoms with van der Waals surface area (Å²) in [5.74, 6) is 6.57. The number of methoxy groups -OCH3 is 1. The van der Waals surface area contributed by atoms with E-state index in [9.17, 15) is 24.5 Å². The highest BCUT2D eigenvalue weighted by atomic mass is 127. The average Bonchev–Trinajstić information content (AvgIpc) is 2.85. The molecule has 2 aromatic rings. The largest absolute Gasteiger partial charge is 0.444 e. The second-order valence-electron chi connectivity index (χ2n) is 8.52. The van der Waals surface area contributed by atoms with Crippen molar-refractivity contribution in [2.45, 2.75) is 47.3 Å². The lowest BCUT2D eigenvalue weighted by atomic mass is 10.1. The van der Waals surface area contributed by atoms with E-state index < -0.39 is 28.6 Å². The number of nitro benzene ring substituents is 1. The summed E-state index contributed by atoms with van der Waals surface area (Å²) in [5.41, 5.74) is 0.461. The lowest BCUT2D eigenvalue weighted by Crippen LogP contribution is -2.50. The Bertz CT molecular complexity index is 1240. The number of hydrogen-bond donors (Lipinski definition) is 2. The van der Waals surface area contributed by atoms with Crippen LogP contribution in [0, 0.1) is 37.9 Å². The van der Waals surface area contributed by atoms with Crippen molar-refractivity contribution in [2.24, 2.45) is 0 Å². The molecule has 0 spiro atoms. The third kappa shape index (κ3) is 15.5. The number of nitrogens with zero attached hydrogens (tertiary/aromatic N) is 1. The van der Waals surface area contributed by atoms with Gasteiger partial charge in [0.1, 0.15) is 18.2 Å². The van der Waals surface area contributed by atoms with Crippen molar-refractivity contribution in [1.29, 1.82) is 0 Å². The molecule has 216 valence electrons. The first-order valence-corrected chi connectivity index (χ1v) is 12.2. The normalized spacial score (nSPS) is 10.2. The Labute approximate surface area is 249 Å². The van der Waals surface area contributed by atoms with Crippen LogP contribution in [0.1, 0.15) is 51.5 Å². The minimum Gasteiger partial charge on any atom is -0.444 e. The topological polar surface area (TPSA) is 137 Å². The summed E-state index contributed by atoms with van der Waals surface area (Å²) >= 11 is 2.03. The number of nitro groups is 1. The van der Waals surface area contributed by atoms with Gasteiger partial charge in [0.2, 0.25) is 0 Å². The number of carbonyl (C=O) groups is 3. The van der Waals surface area contributed by atoms with Gasteiger partial charge < -0.3 is 20.1 Å². The predicted molar refractivity (Wildman–Crippen MR) is 164 cm³/mol. The van der Waals surface area contributed by atoms with Crippen molar-refractivity contribution in [3.8, 4) is 24.2 Å². The van der Waals surface area contributed by atoms with E-state index in [1.807, 2.05) is 28.7 Å². The van der Waals surface area contributed by atoms with Gasteiger partial charge in [0, 0.05) is 40.5 Å². The first-order chi connectivity index (χ1) is 17.9. The van der Waals surface area contributed by atoms with Gasteiger partial charge in [-0.1, -0.05) is 26.8 Å². The van der Waals surface area contributed by atoms with Crippen LogP contribution < -0.4 is 10.6 Å². The smallest absolute Gasteiger partial charge is 0.407 e. The molecule has 0 unspecified atom stereocenters. The molecule has 0 aliphatic heterocycles. The SMILES string of the molecule is C.C.C#CC#Cc1ccc(C(=O)N[C@@H](CNC(=O)OC(C)(C)C)C(=O)COC)cc1.O=[N+]([O-])c1cccc(I)c1. The zero-order valence-corrected chi connectivity index (χ0v) is 23.5. The number of hydrogen-bond acceptors (Lipinski definition) is 7. The van der Waals surface area contributed by atoms with E-state index in [2.05, 4.69) is 28.4 Å². The maximum atomic E-state index is 12.4. The molecule has 0 saturated heterocycles. The van der Waals surface area contributed by atoms with E-state index in [4.69, 9.17) is 15.9 Å². The maximum absolute atomic E-state index is 12.4. The molecule has 2 rings (SSSR count). The standard InChI is InChI=1S/C21H24N2O5.C6H4INO2.2CH4/c1-6-7-8-15-9-11-16(12-10-15)19(25)23-17(18(24)14-27-5)13-22-20(26)28-21(2,3)4;7-5-2-1-3-6(4-5)8(9)10;;/h1,9-12,17H,13-14H2,2-5H3,(H,22,26)(H,23,25);1-4H;2*1H4/t17-;;;/m0.../s1. The second-order valence-corrected chi connectivity index (χ2v) is 9.76. The zero-order valence-electron chi connectivity index (χ0n) is 21.4. The summed E-state index contributed by atoms with van der Waals surface area (Å²) in [6.07, 6.45) is 4.39. The van der Waals surface area contributed by atoms with Crippen LogP contribution in [0.15, 0.2) is 48.5 Å². The number of non-ortho nitro benzene ring substituents is 1. The van der Waals surface area contributed by atoms with Gasteiger partial charge in [-0.2, -0.15) is 0 Å². The van der Waals surface area contributed by atoms with Crippen LogP contribution >= 0.6 is 22.6 Å². The Morgan fingerprint density at radius 3 is 2.23 bits per heavy atom. The van der Waals surface area contributed by atoms with Gasteiger partial charge in [-0.15, -0.1) is 6.42 Å². The first kappa shape index (κ1) is 38.2. The number of amides is 2. The lowest BCUT2D eigenvalue weighted by molar-refractivity contribution is -0.384. The van der Waals surface area contributed by atoms with Crippen LogP contribution in [-0.4, -0.2) is 54.6 Å². The minimum absolute atomic E-state index is 0. The van der Waals surface area contributed by atoms with Crippen molar-refractivity contribution >= 4 is 46.1 Å². The zero-order chi connectivity index (χ0) is 28.7. The number of Topliss-reactive ketones (excluding diaryl/α,β-unsaturated/α-hetero) is 1. The first-order valence-electron chi connectivity index (χ1n) is 11.1. The Kier molecular flexibility index (Phi) is 18.3. The fourth-order valence-corrected chi connectivity index (χ4v) is 3.16. The van der Waals surface area contributed by atoms with Crippen LogP contribution in [0.4, 0.5) is 10.5 Å². The van der Waals surface area contributed by atoms with Gasteiger partial charge in [0.05, 0.1) is 4.92 Å².